The fourth-order valence-electron chi connectivity index (χ4n) is 2.60. The highest BCUT2D eigenvalue weighted by Gasteiger charge is 2.17. The van der Waals surface area contributed by atoms with Gasteiger partial charge in [-0.25, -0.2) is 4.68 Å². The van der Waals surface area contributed by atoms with Gasteiger partial charge in [-0.15, -0.1) is 0 Å². The lowest BCUT2D eigenvalue weighted by atomic mass is 10.2. The molecule has 0 radical (unpaired) electrons. The van der Waals surface area contributed by atoms with Crippen molar-refractivity contribution in [2.24, 2.45) is 0 Å². The maximum atomic E-state index is 12.4. The van der Waals surface area contributed by atoms with Crippen LogP contribution in [0.25, 0.3) is 0 Å². The van der Waals surface area contributed by atoms with E-state index in [4.69, 9.17) is 4.74 Å². The molecule has 3 aromatic rings. The van der Waals surface area contributed by atoms with Crippen LogP contribution in [-0.2, 0) is 17.9 Å². The van der Waals surface area contributed by atoms with E-state index in [0.29, 0.717) is 5.69 Å². The Kier molecular flexibility index (Phi) is 5.36. The number of nitrogens with one attached hydrogen (secondary N) is 1. The predicted octanol–water partition coefficient (Wildman–Crippen LogP) is 3.19. The zero-order valence-electron chi connectivity index (χ0n) is 15.2. The van der Waals surface area contributed by atoms with Crippen LogP contribution in [-0.4, -0.2) is 25.5 Å². The molecular formula is C19H23N5O2. The van der Waals surface area contributed by atoms with Crippen molar-refractivity contribution in [1.82, 2.24) is 19.6 Å². The minimum absolute atomic E-state index is 0.146. The molecule has 0 aliphatic carbocycles. The molecule has 0 fully saturated rings. The third-order valence-electron chi connectivity index (χ3n) is 4.21. The van der Waals surface area contributed by atoms with Gasteiger partial charge < -0.3 is 10.1 Å². The van der Waals surface area contributed by atoms with E-state index in [2.05, 4.69) is 22.4 Å². The van der Waals surface area contributed by atoms with Crippen LogP contribution < -0.4 is 10.1 Å². The number of hydrogen-bond donors (Lipinski definition) is 1. The fourth-order valence-corrected chi connectivity index (χ4v) is 2.60. The summed E-state index contributed by atoms with van der Waals surface area (Å²) in [5.74, 6) is 0.637. The van der Waals surface area contributed by atoms with E-state index in [-0.39, 0.29) is 12.6 Å². The Morgan fingerprint density at radius 1 is 1.23 bits per heavy atom. The number of rotatable bonds is 7. The molecule has 0 aliphatic rings. The van der Waals surface area contributed by atoms with E-state index in [1.807, 2.05) is 44.2 Å². The van der Waals surface area contributed by atoms with Gasteiger partial charge in [0.1, 0.15) is 11.8 Å². The first-order chi connectivity index (χ1) is 12.6. The summed E-state index contributed by atoms with van der Waals surface area (Å²) in [4.78, 5) is 12.4. The minimum Gasteiger partial charge on any atom is -0.471 e. The van der Waals surface area contributed by atoms with E-state index in [1.165, 1.54) is 5.56 Å². The maximum absolute atomic E-state index is 12.4. The van der Waals surface area contributed by atoms with Crippen molar-refractivity contribution in [3.63, 3.8) is 0 Å². The average molecular weight is 353 g/mol. The molecule has 136 valence electrons. The highest BCUT2D eigenvalue weighted by Crippen LogP contribution is 2.15. The summed E-state index contributed by atoms with van der Waals surface area (Å²) in [5.41, 5.74) is 2.82. The highest BCUT2D eigenvalue weighted by atomic mass is 16.5. The molecular weight excluding hydrogens is 330 g/mol. The van der Waals surface area contributed by atoms with Crippen molar-refractivity contribution in [3.05, 3.63) is 60.2 Å². The Labute approximate surface area is 152 Å². The summed E-state index contributed by atoms with van der Waals surface area (Å²) in [5, 5.41) is 11.2. The molecule has 7 heteroatoms. The average Bonchev–Trinajstić information content (AvgIpc) is 3.28. The van der Waals surface area contributed by atoms with Gasteiger partial charge in [-0.05, 0) is 44.0 Å². The molecule has 1 amide bonds. The van der Waals surface area contributed by atoms with Gasteiger partial charge in [0.15, 0.2) is 6.73 Å². The first-order valence-corrected chi connectivity index (χ1v) is 8.62. The summed E-state index contributed by atoms with van der Waals surface area (Å²) >= 11 is 0. The van der Waals surface area contributed by atoms with Crippen LogP contribution in [0.3, 0.4) is 0 Å². The van der Waals surface area contributed by atoms with Crippen LogP contribution in [0.1, 0.15) is 31.1 Å². The van der Waals surface area contributed by atoms with E-state index in [9.17, 15) is 4.79 Å². The van der Waals surface area contributed by atoms with Gasteiger partial charge in [0.25, 0.3) is 0 Å². The Morgan fingerprint density at radius 2 is 2.00 bits per heavy atom. The highest BCUT2D eigenvalue weighted by molar-refractivity contribution is 5.93. The van der Waals surface area contributed by atoms with Crippen LogP contribution in [0.5, 0.6) is 5.75 Å². The summed E-state index contributed by atoms with van der Waals surface area (Å²) in [6.45, 7) is 6.11. The Balaban J connectivity index is 1.55. The van der Waals surface area contributed by atoms with Gasteiger partial charge in [0, 0.05) is 11.9 Å². The Bertz CT molecular complexity index is 866. The lowest BCUT2D eigenvalue weighted by Crippen LogP contribution is -2.25. The van der Waals surface area contributed by atoms with Gasteiger partial charge in [-0.3, -0.25) is 9.48 Å². The van der Waals surface area contributed by atoms with Crippen LogP contribution in [0.2, 0.25) is 0 Å². The molecule has 7 nitrogen and oxygen atoms in total. The molecule has 0 aliphatic heterocycles. The molecule has 26 heavy (non-hydrogen) atoms. The van der Waals surface area contributed by atoms with Crippen LogP contribution in [0, 0.1) is 6.92 Å². The third kappa shape index (κ3) is 4.11. The van der Waals surface area contributed by atoms with Gasteiger partial charge in [-0.1, -0.05) is 19.1 Å². The predicted molar refractivity (Wildman–Crippen MR) is 99.0 cm³/mol. The molecule has 0 saturated carbocycles. The second-order valence-electron chi connectivity index (χ2n) is 6.12. The standard InChI is InChI=1S/C19H23N5O2/c1-4-16-5-7-18(8-6-16)26-13-23-12-17(11-21-23)22-19(25)15(3)24-14(2)9-10-20-24/h5-12,15H,4,13H2,1-3H3,(H,22,25). The number of amides is 1. The SMILES string of the molecule is CCc1ccc(OCn2cc(NC(=O)C(C)n3nccc3C)cn2)cc1. The van der Waals surface area contributed by atoms with Crippen molar-refractivity contribution in [1.29, 1.82) is 0 Å². The van der Waals surface area contributed by atoms with Gasteiger partial charge in [0.05, 0.1) is 18.1 Å². The van der Waals surface area contributed by atoms with E-state index in [0.717, 1.165) is 17.9 Å². The van der Waals surface area contributed by atoms with Crippen molar-refractivity contribution in [2.45, 2.75) is 40.0 Å². The van der Waals surface area contributed by atoms with E-state index >= 15 is 0 Å². The number of anilines is 1. The summed E-state index contributed by atoms with van der Waals surface area (Å²) in [6.07, 6.45) is 6.02. The monoisotopic (exact) mass is 353 g/mol. The number of ether oxygens (including phenoxy) is 1. The van der Waals surface area contributed by atoms with Crippen molar-refractivity contribution >= 4 is 11.6 Å². The van der Waals surface area contributed by atoms with Crippen molar-refractivity contribution in [2.75, 3.05) is 5.32 Å². The smallest absolute Gasteiger partial charge is 0.249 e. The number of aromatic nitrogens is 4. The molecule has 1 atom stereocenters. The molecule has 2 heterocycles. The number of hydrogen-bond acceptors (Lipinski definition) is 4. The third-order valence-corrected chi connectivity index (χ3v) is 4.21. The van der Waals surface area contributed by atoms with E-state index in [1.54, 1.807) is 28.0 Å². The molecule has 1 aromatic carbocycles. The van der Waals surface area contributed by atoms with Crippen molar-refractivity contribution in [3.8, 4) is 5.75 Å². The number of nitrogens with zero attached hydrogens (tertiary/aromatic N) is 4. The zero-order chi connectivity index (χ0) is 18.5. The van der Waals surface area contributed by atoms with E-state index < -0.39 is 6.04 Å². The number of benzene rings is 1. The number of aryl methyl sites for hydroxylation is 2. The summed E-state index contributed by atoms with van der Waals surface area (Å²) in [6, 6.07) is 9.44. The largest absolute Gasteiger partial charge is 0.471 e. The molecule has 0 saturated heterocycles. The quantitative estimate of drug-likeness (QED) is 0.708. The zero-order valence-corrected chi connectivity index (χ0v) is 15.2. The summed E-state index contributed by atoms with van der Waals surface area (Å²) < 4.78 is 9.02. The molecule has 3 rings (SSSR count). The number of carbonyl (C=O) groups excluding carboxylic acids is 1. The molecule has 0 bridgehead atoms. The lowest BCUT2D eigenvalue weighted by molar-refractivity contribution is -0.119. The normalized spacial score (nSPS) is 12.0. The molecule has 0 spiro atoms. The van der Waals surface area contributed by atoms with Crippen molar-refractivity contribution < 1.29 is 9.53 Å². The second-order valence-corrected chi connectivity index (χ2v) is 6.12. The van der Waals surface area contributed by atoms with Gasteiger partial charge in [0.2, 0.25) is 5.91 Å². The molecule has 2 aromatic heterocycles. The summed E-state index contributed by atoms with van der Waals surface area (Å²) in [7, 11) is 0. The minimum atomic E-state index is -0.401. The Hall–Kier alpha value is -3.09. The topological polar surface area (TPSA) is 74.0 Å². The molecule has 1 N–H and O–H groups in total. The van der Waals surface area contributed by atoms with Crippen LogP contribution in [0.4, 0.5) is 5.69 Å². The second kappa shape index (κ2) is 7.86. The van der Waals surface area contributed by atoms with Crippen LogP contribution in [0.15, 0.2) is 48.9 Å². The lowest BCUT2D eigenvalue weighted by Gasteiger charge is -2.13. The first kappa shape index (κ1) is 17.7. The van der Waals surface area contributed by atoms with Gasteiger partial charge in [-0.2, -0.15) is 10.2 Å². The van der Waals surface area contributed by atoms with Crippen LogP contribution >= 0.6 is 0 Å². The molecule has 1 unspecified atom stereocenters. The Morgan fingerprint density at radius 3 is 2.65 bits per heavy atom. The first-order valence-electron chi connectivity index (χ1n) is 8.62. The maximum Gasteiger partial charge on any atom is 0.249 e. The van der Waals surface area contributed by atoms with Gasteiger partial charge >= 0.3 is 0 Å². The number of carbonyl (C=O) groups is 1. The fraction of sp³-hybridized carbons (Fsp3) is 0.316.